The molecular weight excluding hydrogens is 378 g/mol. The molecule has 0 unspecified atom stereocenters. The standard InChI is InChI=1S/C16H16BrN3O4/c1-24-13-6-7-15(17)14(10-13)16(21)19-9-8-18-11-2-4-12(5-3-11)20(22)23/h2-7,10,18H,8-9H2,1H3,(H,19,21). The molecule has 0 aromatic heterocycles. The Morgan fingerprint density at radius 2 is 1.92 bits per heavy atom. The van der Waals surface area contributed by atoms with Crippen LogP contribution in [0.3, 0.4) is 0 Å². The highest BCUT2D eigenvalue weighted by Crippen LogP contribution is 2.22. The van der Waals surface area contributed by atoms with Gasteiger partial charge in [0.1, 0.15) is 5.75 Å². The Kier molecular flexibility index (Phi) is 6.14. The Bertz CT molecular complexity index is 735. The quantitative estimate of drug-likeness (QED) is 0.427. The van der Waals surface area contributed by atoms with Gasteiger partial charge in [0, 0.05) is 35.4 Å². The van der Waals surface area contributed by atoms with Gasteiger partial charge in [-0.05, 0) is 46.3 Å². The van der Waals surface area contributed by atoms with Crippen LogP contribution in [0.2, 0.25) is 0 Å². The first kappa shape index (κ1) is 17.7. The number of hydrogen-bond donors (Lipinski definition) is 2. The summed E-state index contributed by atoms with van der Waals surface area (Å²) in [6.45, 7) is 0.893. The number of hydrogen-bond acceptors (Lipinski definition) is 5. The summed E-state index contributed by atoms with van der Waals surface area (Å²) < 4.78 is 5.79. The van der Waals surface area contributed by atoms with Crippen LogP contribution in [-0.4, -0.2) is 31.0 Å². The molecule has 8 heteroatoms. The van der Waals surface area contributed by atoms with E-state index in [0.29, 0.717) is 28.9 Å². The van der Waals surface area contributed by atoms with Crippen molar-refractivity contribution in [3.05, 3.63) is 62.6 Å². The van der Waals surface area contributed by atoms with Crippen LogP contribution in [0.15, 0.2) is 46.9 Å². The third-order valence-corrected chi connectivity index (χ3v) is 3.93. The van der Waals surface area contributed by atoms with Crippen LogP contribution in [0.25, 0.3) is 0 Å². The zero-order chi connectivity index (χ0) is 17.5. The van der Waals surface area contributed by atoms with Gasteiger partial charge in [0.2, 0.25) is 0 Å². The number of methoxy groups -OCH3 is 1. The molecule has 24 heavy (non-hydrogen) atoms. The van der Waals surface area contributed by atoms with E-state index in [1.165, 1.54) is 12.1 Å². The number of amides is 1. The molecule has 1 amide bonds. The van der Waals surface area contributed by atoms with Gasteiger partial charge in [-0.25, -0.2) is 0 Å². The maximum absolute atomic E-state index is 12.2. The molecule has 0 atom stereocenters. The topological polar surface area (TPSA) is 93.5 Å². The highest BCUT2D eigenvalue weighted by Gasteiger charge is 2.10. The molecular formula is C16H16BrN3O4. The van der Waals surface area contributed by atoms with E-state index >= 15 is 0 Å². The first-order valence-electron chi connectivity index (χ1n) is 7.11. The summed E-state index contributed by atoms with van der Waals surface area (Å²) in [5, 5.41) is 16.5. The fourth-order valence-electron chi connectivity index (χ4n) is 1.98. The number of carbonyl (C=O) groups is 1. The molecule has 2 aromatic rings. The van der Waals surface area contributed by atoms with Crippen molar-refractivity contribution in [2.75, 3.05) is 25.5 Å². The van der Waals surface area contributed by atoms with Gasteiger partial charge in [0.15, 0.2) is 0 Å². The fourth-order valence-corrected chi connectivity index (χ4v) is 2.41. The Balaban J connectivity index is 1.83. The van der Waals surface area contributed by atoms with Crippen LogP contribution in [-0.2, 0) is 0 Å². The number of nitro benzene ring substituents is 1. The molecule has 0 saturated heterocycles. The van der Waals surface area contributed by atoms with Crippen molar-refractivity contribution in [3.8, 4) is 5.75 Å². The van der Waals surface area contributed by atoms with E-state index in [4.69, 9.17) is 4.74 Å². The average Bonchev–Trinajstić information content (AvgIpc) is 2.59. The van der Waals surface area contributed by atoms with Crippen molar-refractivity contribution in [3.63, 3.8) is 0 Å². The molecule has 0 aliphatic carbocycles. The van der Waals surface area contributed by atoms with E-state index in [1.54, 1.807) is 37.4 Å². The summed E-state index contributed by atoms with van der Waals surface area (Å²) in [6, 6.07) is 11.3. The zero-order valence-electron chi connectivity index (χ0n) is 12.9. The van der Waals surface area contributed by atoms with E-state index in [9.17, 15) is 14.9 Å². The number of anilines is 1. The molecule has 0 saturated carbocycles. The Labute approximate surface area is 147 Å². The highest BCUT2D eigenvalue weighted by atomic mass is 79.9. The minimum Gasteiger partial charge on any atom is -0.497 e. The van der Waals surface area contributed by atoms with E-state index < -0.39 is 4.92 Å². The lowest BCUT2D eigenvalue weighted by Crippen LogP contribution is -2.29. The van der Waals surface area contributed by atoms with Crippen LogP contribution in [0, 0.1) is 10.1 Å². The Morgan fingerprint density at radius 1 is 1.21 bits per heavy atom. The van der Waals surface area contributed by atoms with Gasteiger partial charge in [0.25, 0.3) is 11.6 Å². The molecule has 0 aliphatic rings. The van der Waals surface area contributed by atoms with Gasteiger partial charge in [-0.1, -0.05) is 0 Å². The van der Waals surface area contributed by atoms with Gasteiger partial charge in [0.05, 0.1) is 17.6 Å². The van der Waals surface area contributed by atoms with E-state index in [0.717, 1.165) is 5.69 Å². The predicted molar refractivity (Wildman–Crippen MR) is 94.6 cm³/mol. The molecule has 0 heterocycles. The maximum atomic E-state index is 12.2. The molecule has 2 aromatic carbocycles. The van der Waals surface area contributed by atoms with Gasteiger partial charge < -0.3 is 15.4 Å². The van der Waals surface area contributed by atoms with Crippen LogP contribution in [0.1, 0.15) is 10.4 Å². The lowest BCUT2D eigenvalue weighted by molar-refractivity contribution is -0.384. The summed E-state index contributed by atoms with van der Waals surface area (Å²) in [4.78, 5) is 22.3. The van der Waals surface area contributed by atoms with E-state index in [2.05, 4.69) is 26.6 Å². The second-order valence-corrected chi connectivity index (χ2v) is 5.69. The van der Waals surface area contributed by atoms with Crippen molar-refractivity contribution < 1.29 is 14.5 Å². The first-order valence-corrected chi connectivity index (χ1v) is 7.90. The second kappa shape index (κ2) is 8.30. The number of carbonyl (C=O) groups excluding carboxylic acids is 1. The number of rotatable bonds is 7. The minimum absolute atomic E-state index is 0.0386. The van der Waals surface area contributed by atoms with Gasteiger partial charge in [-0.15, -0.1) is 0 Å². The molecule has 0 radical (unpaired) electrons. The summed E-state index contributed by atoms with van der Waals surface area (Å²) in [5.74, 6) is 0.388. The van der Waals surface area contributed by atoms with Gasteiger partial charge >= 0.3 is 0 Å². The van der Waals surface area contributed by atoms with Gasteiger partial charge in [-0.3, -0.25) is 14.9 Å². The smallest absolute Gasteiger partial charge is 0.269 e. The molecule has 0 spiro atoms. The fraction of sp³-hybridized carbons (Fsp3) is 0.188. The minimum atomic E-state index is -0.448. The van der Waals surface area contributed by atoms with E-state index in [1.807, 2.05) is 0 Å². The summed E-state index contributed by atoms with van der Waals surface area (Å²) in [5.41, 5.74) is 1.28. The molecule has 2 N–H and O–H groups in total. The number of nitrogens with zero attached hydrogens (tertiary/aromatic N) is 1. The van der Waals surface area contributed by atoms with Crippen molar-refractivity contribution in [1.29, 1.82) is 0 Å². The first-order chi connectivity index (χ1) is 11.5. The van der Waals surface area contributed by atoms with Crippen LogP contribution in [0.5, 0.6) is 5.75 Å². The molecule has 126 valence electrons. The third-order valence-electron chi connectivity index (χ3n) is 3.24. The van der Waals surface area contributed by atoms with Crippen molar-refractivity contribution in [2.24, 2.45) is 0 Å². The third kappa shape index (κ3) is 4.69. The maximum Gasteiger partial charge on any atom is 0.269 e. The molecule has 0 bridgehead atoms. The molecule has 0 aliphatic heterocycles. The van der Waals surface area contributed by atoms with Crippen LogP contribution < -0.4 is 15.4 Å². The SMILES string of the molecule is COc1ccc(Br)c(C(=O)NCCNc2ccc([N+](=O)[O-])cc2)c1. The number of ether oxygens (including phenoxy) is 1. The van der Waals surface area contributed by atoms with Crippen LogP contribution in [0.4, 0.5) is 11.4 Å². The summed E-state index contributed by atoms with van der Waals surface area (Å²) >= 11 is 3.34. The van der Waals surface area contributed by atoms with Gasteiger partial charge in [-0.2, -0.15) is 0 Å². The van der Waals surface area contributed by atoms with Crippen molar-refractivity contribution >= 4 is 33.2 Å². The lowest BCUT2D eigenvalue weighted by atomic mass is 10.2. The molecule has 7 nitrogen and oxygen atoms in total. The Hall–Kier alpha value is -2.61. The number of nitro groups is 1. The molecule has 2 rings (SSSR count). The number of non-ortho nitro benzene ring substituents is 1. The Morgan fingerprint density at radius 3 is 2.54 bits per heavy atom. The normalized spacial score (nSPS) is 10.1. The predicted octanol–water partition coefficient (Wildman–Crippen LogP) is 3.21. The largest absolute Gasteiger partial charge is 0.497 e. The summed E-state index contributed by atoms with van der Waals surface area (Å²) in [6.07, 6.45) is 0. The van der Waals surface area contributed by atoms with Crippen LogP contribution >= 0.6 is 15.9 Å². The average molecular weight is 394 g/mol. The van der Waals surface area contributed by atoms with Crippen molar-refractivity contribution in [1.82, 2.24) is 5.32 Å². The van der Waals surface area contributed by atoms with E-state index in [-0.39, 0.29) is 11.6 Å². The number of nitrogens with one attached hydrogen (secondary N) is 2. The zero-order valence-corrected chi connectivity index (χ0v) is 14.5. The monoisotopic (exact) mass is 393 g/mol. The summed E-state index contributed by atoms with van der Waals surface area (Å²) in [7, 11) is 1.54. The van der Waals surface area contributed by atoms with Crippen molar-refractivity contribution in [2.45, 2.75) is 0 Å². The number of benzene rings is 2. The number of halogens is 1. The molecule has 0 fully saturated rings. The lowest BCUT2D eigenvalue weighted by Gasteiger charge is -2.10. The second-order valence-electron chi connectivity index (χ2n) is 4.83. The highest BCUT2D eigenvalue weighted by molar-refractivity contribution is 9.10.